The molecule has 0 unspecified atom stereocenters. The predicted octanol–water partition coefficient (Wildman–Crippen LogP) is 3.32. The lowest BCUT2D eigenvalue weighted by Crippen LogP contribution is -2.18. The number of aryl methyl sites for hydroxylation is 2. The molecule has 0 saturated carbocycles. The van der Waals surface area contributed by atoms with Gasteiger partial charge in [-0.2, -0.15) is 0 Å². The van der Waals surface area contributed by atoms with Gasteiger partial charge in [-0.3, -0.25) is 0 Å². The quantitative estimate of drug-likeness (QED) is 0.708. The Hall–Kier alpha value is -0.980. The summed E-state index contributed by atoms with van der Waals surface area (Å²) in [6.07, 6.45) is 1.12. The van der Waals surface area contributed by atoms with Gasteiger partial charge in [0.05, 0.1) is 0 Å². The number of hydrogen-bond acceptors (Lipinski definition) is 1. The Kier molecular flexibility index (Phi) is 3.56. The summed E-state index contributed by atoms with van der Waals surface area (Å²) in [5.74, 6) is 0. The van der Waals surface area contributed by atoms with Crippen LogP contribution in [0.3, 0.4) is 0 Å². The first-order chi connectivity index (χ1) is 6.61. The Labute approximate surface area is 87.7 Å². The summed E-state index contributed by atoms with van der Waals surface area (Å²) >= 11 is 0. The van der Waals surface area contributed by atoms with E-state index in [9.17, 15) is 0 Å². The molecule has 1 aromatic rings. The molecule has 1 aromatic carbocycles. The molecular weight excluding hydrogens is 170 g/mol. The first-order valence-electron chi connectivity index (χ1n) is 5.42. The second-order valence-electron chi connectivity index (χ2n) is 3.88. The normalized spacial score (nSPS) is 10.4. The highest BCUT2D eigenvalue weighted by Gasteiger charge is 2.08. The van der Waals surface area contributed by atoms with Crippen LogP contribution < -0.4 is 4.90 Å². The summed E-state index contributed by atoms with van der Waals surface area (Å²) in [4.78, 5) is 2.32. The molecule has 0 saturated heterocycles. The van der Waals surface area contributed by atoms with Crippen molar-refractivity contribution < 1.29 is 0 Å². The molecule has 78 valence electrons. The van der Waals surface area contributed by atoms with Crippen molar-refractivity contribution in [2.24, 2.45) is 0 Å². The molecule has 0 aromatic heterocycles. The van der Waals surface area contributed by atoms with Gasteiger partial charge in [-0.15, -0.1) is 0 Å². The fourth-order valence-corrected chi connectivity index (χ4v) is 2.01. The maximum Gasteiger partial charge on any atom is 0.0425 e. The Balaban J connectivity index is 3.25. The molecule has 1 heteroatoms. The zero-order valence-corrected chi connectivity index (χ0v) is 10.0. The maximum absolute atomic E-state index is 2.32. The van der Waals surface area contributed by atoms with E-state index in [2.05, 4.69) is 51.8 Å². The van der Waals surface area contributed by atoms with Gasteiger partial charge in [0.15, 0.2) is 0 Å². The average Bonchev–Trinajstić information content (AvgIpc) is 2.18. The lowest BCUT2D eigenvalue weighted by molar-refractivity contribution is 0.945. The molecule has 0 aliphatic heterocycles. The zero-order valence-electron chi connectivity index (χ0n) is 10.0. The highest BCUT2D eigenvalue weighted by Crippen LogP contribution is 2.26. The second-order valence-corrected chi connectivity index (χ2v) is 3.88. The summed E-state index contributed by atoms with van der Waals surface area (Å²) in [6.45, 7) is 9.89. The van der Waals surface area contributed by atoms with E-state index in [-0.39, 0.29) is 0 Å². The molecule has 0 radical (unpaired) electrons. The molecule has 0 fully saturated rings. The summed E-state index contributed by atoms with van der Waals surface area (Å²) < 4.78 is 0. The number of rotatable bonds is 3. The third-order valence-electron chi connectivity index (χ3n) is 2.98. The van der Waals surface area contributed by atoms with Crippen molar-refractivity contribution >= 4 is 5.69 Å². The van der Waals surface area contributed by atoms with Gasteiger partial charge in [0.1, 0.15) is 0 Å². The highest BCUT2D eigenvalue weighted by atomic mass is 15.1. The van der Waals surface area contributed by atoms with Crippen LogP contribution >= 0.6 is 0 Å². The van der Waals surface area contributed by atoms with Crippen LogP contribution in [-0.4, -0.2) is 13.6 Å². The van der Waals surface area contributed by atoms with Crippen LogP contribution in [0.5, 0.6) is 0 Å². The first kappa shape index (κ1) is 11.1. The van der Waals surface area contributed by atoms with Crippen molar-refractivity contribution in [1.82, 2.24) is 0 Å². The number of anilines is 1. The minimum Gasteiger partial charge on any atom is -0.374 e. The van der Waals surface area contributed by atoms with E-state index in [1.165, 1.54) is 22.4 Å². The van der Waals surface area contributed by atoms with Crippen molar-refractivity contribution in [3.05, 3.63) is 28.8 Å². The molecule has 1 rings (SSSR count). The van der Waals surface area contributed by atoms with Crippen molar-refractivity contribution in [3.8, 4) is 0 Å². The molecule has 0 amide bonds. The SMILES string of the molecule is CCc1ccc(C)c(N(C)CC)c1C. The van der Waals surface area contributed by atoms with E-state index in [0.29, 0.717) is 0 Å². The van der Waals surface area contributed by atoms with Crippen molar-refractivity contribution in [1.29, 1.82) is 0 Å². The van der Waals surface area contributed by atoms with Crippen molar-refractivity contribution in [3.63, 3.8) is 0 Å². The van der Waals surface area contributed by atoms with E-state index in [1.807, 2.05) is 0 Å². The Morgan fingerprint density at radius 3 is 2.29 bits per heavy atom. The van der Waals surface area contributed by atoms with E-state index < -0.39 is 0 Å². The minimum absolute atomic E-state index is 1.06. The van der Waals surface area contributed by atoms with Gasteiger partial charge in [0.25, 0.3) is 0 Å². The molecule has 0 spiro atoms. The van der Waals surface area contributed by atoms with E-state index in [4.69, 9.17) is 0 Å². The van der Waals surface area contributed by atoms with Gasteiger partial charge in [-0.05, 0) is 43.9 Å². The Morgan fingerprint density at radius 2 is 1.79 bits per heavy atom. The molecule has 0 aliphatic carbocycles. The zero-order chi connectivity index (χ0) is 10.7. The van der Waals surface area contributed by atoms with E-state index in [0.717, 1.165) is 13.0 Å². The van der Waals surface area contributed by atoms with Gasteiger partial charge in [-0.1, -0.05) is 19.1 Å². The molecule has 0 bridgehead atoms. The molecule has 0 N–H and O–H groups in total. The summed E-state index contributed by atoms with van der Waals surface area (Å²) in [5.41, 5.74) is 5.69. The van der Waals surface area contributed by atoms with Crippen LogP contribution in [0.4, 0.5) is 5.69 Å². The molecular formula is C13H21N. The smallest absolute Gasteiger partial charge is 0.0425 e. The van der Waals surface area contributed by atoms with Crippen LogP contribution in [0.2, 0.25) is 0 Å². The fraction of sp³-hybridized carbons (Fsp3) is 0.538. The number of nitrogens with zero attached hydrogens (tertiary/aromatic N) is 1. The fourth-order valence-electron chi connectivity index (χ4n) is 2.01. The largest absolute Gasteiger partial charge is 0.374 e. The summed E-state index contributed by atoms with van der Waals surface area (Å²) in [6, 6.07) is 4.48. The predicted molar refractivity (Wildman–Crippen MR) is 64.2 cm³/mol. The molecule has 14 heavy (non-hydrogen) atoms. The monoisotopic (exact) mass is 191 g/mol. The lowest BCUT2D eigenvalue weighted by Gasteiger charge is -2.23. The average molecular weight is 191 g/mol. The maximum atomic E-state index is 2.32. The van der Waals surface area contributed by atoms with Gasteiger partial charge in [0, 0.05) is 19.3 Å². The van der Waals surface area contributed by atoms with Crippen LogP contribution in [-0.2, 0) is 6.42 Å². The van der Waals surface area contributed by atoms with Gasteiger partial charge < -0.3 is 4.90 Å². The highest BCUT2D eigenvalue weighted by molar-refractivity contribution is 5.61. The van der Waals surface area contributed by atoms with Crippen LogP contribution in [0.15, 0.2) is 12.1 Å². The van der Waals surface area contributed by atoms with E-state index in [1.54, 1.807) is 0 Å². The minimum atomic E-state index is 1.06. The Morgan fingerprint density at radius 1 is 1.14 bits per heavy atom. The molecule has 1 nitrogen and oxygen atoms in total. The first-order valence-corrected chi connectivity index (χ1v) is 5.42. The van der Waals surface area contributed by atoms with Crippen LogP contribution in [0.1, 0.15) is 30.5 Å². The van der Waals surface area contributed by atoms with Crippen molar-refractivity contribution in [2.45, 2.75) is 34.1 Å². The number of benzene rings is 1. The molecule has 0 heterocycles. The van der Waals surface area contributed by atoms with Gasteiger partial charge in [0.2, 0.25) is 0 Å². The third kappa shape index (κ3) is 1.92. The van der Waals surface area contributed by atoms with E-state index >= 15 is 0 Å². The standard InChI is InChI=1S/C13H21N/c1-6-12-9-8-10(3)13(11(12)4)14(5)7-2/h8-9H,6-7H2,1-5H3. The van der Waals surface area contributed by atoms with Crippen LogP contribution in [0, 0.1) is 13.8 Å². The molecule has 0 atom stereocenters. The second kappa shape index (κ2) is 4.50. The summed E-state index contributed by atoms with van der Waals surface area (Å²) in [5, 5.41) is 0. The molecule has 0 aliphatic rings. The van der Waals surface area contributed by atoms with Gasteiger partial charge >= 0.3 is 0 Å². The van der Waals surface area contributed by atoms with Gasteiger partial charge in [-0.25, -0.2) is 0 Å². The third-order valence-corrected chi connectivity index (χ3v) is 2.98. The lowest BCUT2D eigenvalue weighted by atomic mass is 10.00. The van der Waals surface area contributed by atoms with Crippen LogP contribution in [0.25, 0.3) is 0 Å². The number of hydrogen-bond donors (Lipinski definition) is 0. The van der Waals surface area contributed by atoms with Crippen molar-refractivity contribution in [2.75, 3.05) is 18.5 Å². The Bertz CT molecular complexity index is 315. The summed E-state index contributed by atoms with van der Waals surface area (Å²) in [7, 11) is 2.16. The topological polar surface area (TPSA) is 3.24 Å².